The fraction of sp³-hybridized carbons (Fsp3) is 0.306. The minimum atomic E-state index is -0.693. The molecule has 0 radical (unpaired) electrons. The van der Waals surface area contributed by atoms with Gasteiger partial charge in [0, 0.05) is 6.42 Å². The number of carbonyl (C=O) groups is 3. The molecule has 0 aliphatic heterocycles. The lowest BCUT2D eigenvalue weighted by Gasteiger charge is -2.24. The topological polar surface area (TPSA) is 105 Å². The van der Waals surface area contributed by atoms with Gasteiger partial charge in [-0.2, -0.15) is 0 Å². The summed E-state index contributed by atoms with van der Waals surface area (Å²) in [5.41, 5.74) is 2.79. The average Bonchev–Trinajstić information content (AvgIpc) is 3.03. The van der Waals surface area contributed by atoms with Crippen LogP contribution in [0.2, 0.25) is 0 Å². The second-order valence-corrected chi connectivity index (χ2v) is 10.6. The monoisotopic (exact) mass is 582 g/mol. The number of aliphatic hydroxyl groups excluding tert-OH is 1. The number of nitrogens with one attached hydrogen (secondary N) is 2. The number of esters is 1. The quantitative estimate of drug-likeness (QED) is 0.143. The van der Waals surface area contributed by atoms with Crippen LogP contribution < -0.4 is 10.6 Å². The van der Waals surface area contributed by atoms with Crippen molar-refractivity contribution in [2.24, 2.45) is 11.8 Å². The van der Waals surface area contributed by atoms with Gasteiger partial charge in [-0.05, 0) is 42.4 Å². The number of rotatable bonds is 18. The molecule has 7 heteroatoms. The Hall–Kier alpha value is -4.49. The third-order valence-electron chi connectivity index (χ3n) is 7.18. The van der Waals surface area contributed by atoms with Gasteiger partial charge in [-0.3, -0.25) is 14.4 Å². The predicted octanol–water partition coefficient (Wildman–Crippen LogP) is 5.12. The van der Waals surface area contributed by atoms with Crippen LogP contribution in [0.4, 0.5) is 0 Å². The van der Waals surface area contributed by atoms with Gasteiger partial charge in [-0.15, -0.1) is 13.2 Å². The van der Waals surface area contributed by atoms with Crippen molar-refractivity contribution in [3.8, 4) is 0 Å². The Balaban J connectivity index is 1.65. The molecule has 0 aliphatic rings. The summed E-state index contributed by atoms with van der Waals surface area (Å²) in [6.45, 7) is 7.27. The molecule has 0 unspecified atom stereocenters. The van der Waals surface area contributed by atoms with Crippen molar-refractivity contribution in [2.45, 2.75) is 44.2 Å². The molecular formula is C36H42N2O5. The standard InChI is InChI=1S/C36H42N2O5/c1-3-14-30(24-34(40)37-32(25-39)23-28-18-10-6-11-19-28)35(41)38-33(29-20-12-7-13-21-29)26-43-36(42)31(15-4-2)22-27-16-8-5-9-17-27/h3-13,16-21,30-33,39H,1-2,14-15,22-26H2,(H,37,40)(H,38,41)/t30-,31-,32-,33-/m0/s1. The Morgan fingerprint density at radius 2 is 1.28 bits per heavy atom. The highest BCUT2D eigenvalue weighted by Crippen LogP contribution is 2.20. The summed E-state index contributed by atoms with van der Waals surface area (Å²) in [6.07, 6.45) is 4.96. The van der Waals surface area contributed by atoms with Crippen LogP contribution in [0.1, 0.15) is 42.0 Å². The normalized spacial score (nSPS) is 13.5. The van der Waals surface area contributed by atoms with Crippen molar-refractivity contribution in [3.63, 3.8) is 0 Å². The van der Waals surface area contributed by atoms with E-state index >= 15 is 0 Å². The Kier molecular flexibility index (Phi) is 13.9. The molecule has 0 saturated heterocycles. The van der Waals surface area contributed by atoms with E-state index in [1.165, 1.54) is 0 Å². The van der Waals surface area contributed by atoms with Crippen LogP contribution in [0.3, 0.4) is 0 Å². The van der Waals surface area contributed by atoms with Crippen molar-refractivity contribution in [2.75, 3.05) is 13.2 Å². The lowest BCUT2D eigenvalue weighted by Crippen LogP contribution is -2.42. The van der Waals surface area contributed by atoms with Crippen LogP contribution in [0.15, 0.2) is 116 Å². The van der Waals surface area contributed by atoms with E-state index in [2.05, 4.69) is 23.8 Å². The zero-order valence-corrected chi connectivity index (χ0v) is 24.6. The van der Waals surface area contributed by atoms with E-state index in [9.17, 15) is 19.5 Å². The van der Waals surface area contributed by atoms with E-state index in [1.807, 2.05) is 91.0 Å². The highest BCUT2D eigenvalue weighted by Gasteiger charge is 2.27. The maximum atomic E-state index is 13.5. The fourth-order valence-electron chi connectivity index (χ4n) is 4.90. The summed E-state index contributed by atoms with van der Waals surface area (Å²) in [5, 5.41) is 15.7. The lowest BCUT2D eigenvalue weighted by molar-refractivity contribution is -0.150. The molecule has 226 valence electrons. The maximum Gasteiger partial charge on any atom is 0.309 e. The van der Waals surface area contributed by atoms with Crippen molar-refractivity contribution in [3.05, 3.63) is 133 Å². The molecule has 3 aromatic rings. The molecular weight excluding hydrogens is 540 g/mol. The van der Waals surface area contributed by atoms with Gasteiger partial charge >= 0.3 is 5.97 Å². The summed E-state index contributed by atoms with van der Waals surface area (Å²) in [7, 11) is 0. The molecule has 4 atom stereocenters. The zero-order chi connectivity index (χ0) is 30.9. The highest BCUT2D eigenvalue weighted by molar-refractivity contribution is 5.86. The summed E-state index contributed by atoms with van der Waals surface area (Å²) >= 11 is 0. The van der Waals surface area contributed by atoms with Crippen molar-refractivity contribution in [1.82, 2.24) is 10.6 Å². The van der Waals surface area contributed by atoms with E-state index in [1.54, 1.807) is 12.2 Å². The average molecular weight is 583 g/mol. The van der Waals surface area contributed by atoms with Gasteiger partial charge in [-0.25, -0.2) is 0 Å². The molecule has 0 aliphatic carbocycles. The Morgan fingerprint density at radius 1 is 0.744 bits per heavy atom. The van der Waals surface area contributed by atoms with Crippen LogP contribution >= 0.6 is 0 Å². The first kappa shape index (κ1) is 33.0. The van der Waals surface area contributed by atoms with E-state index in [-0.39, 0.29) is 43.8 Å². The van der Waals surface area contributed by atoms with E-state index in [0.29, 0.717) is 19.3 Å². The van der Waals surface area contributed by atoms with Gasteiger partial charge in [0.2, 0.25) is 11.8 Å². The summed E-state index contributed by atoms with van der Waals surface area (Å²) < 4.78 is 5.76. The Morgan fingerprint density at radius 3 is 1.84 bits per heavy atom. The van der Waals surface area contributed by atoms with Crippen LogP contribution in [0.5, 0.6) is 0 Å². The molecule has 3 aromatic carbocycles. The summed E-state index contributed by atoms with van der Waals surface area (Å²) in [6, 6.07) is 27.5. The minimum absolute atomic E-state index is 0.0618. The fourth-order valence-corrected chi connectivity index (χ4v) is 4.90. The molecule has 0 heterocycles. The molecule has 0 bridgehead atoms. The van der Waals surface area contributed by atoms with E-state index < -0.39 is 23.9 Å². The molecule has 0 saturated carbocycles. The predicted molar refractivity (Wildman–Crippen MR) is 169 cm³/mol. The molecule has 2 amide bonds. The number of allylic oxidation sites excluding steroid dienone is 2. The molecule has 0 spiro atoms. The first-order chi connectivity index (χ1) is 20.9. The third-order valence-corrected chi connectivity index (χ3v) is 7.18. The first-order valence-corrected chi connectivity index (χ1v) is 14.6. The van der Waals surface area contributed by atoms with Crippen LogP contribution in [-0.4, -0.2) is 42.1 Å². The summed E-state index contributed by atoms with van der Waals surface area (Å²) in [5.74, 6) is -2.15. The second-order valence-electron chi connectivity index (χ2n) is 10.6. The van der Waals surface area contributed by atoms with Crippen molar-refractivity contribution >= 4 is 17.8 Å². The van der Waals surface area contributed by atoms with Crippen LogP contribution in [0.25, 0.3) is 0 Å². The third kappa shape index (κ3) is 11.4. The first-order valence-electron chi connectivity index (χ1n) is 14.6. The van der Waals surface area contributed by atoms with Gasteiger partial charge in [0.05, 0.1) is 30.5 Å². The van der Waals surface area contributed by atoms with Gasteiger partial charge in [-0.1, -0.05) is 103 Å². The molecule has 3 rings (SSSR count). The lowest BCUT2D eigenvalue weighted by atomic mass is 9.96. The molecule has 3 N–H and O–H groups in total. The van der Waals surface area contributed by atoms with Crippen molar-refractivity contribution < 1.29 is 24.2 Å². The maximum absolute atomic E-state index is 13.5. The van der Waals surface area contributed by atoms with Gasteiger partial charge in [0.1, 0.15) is 6.61 Å². The van der Waals surface area contributed by atoms with Crippen LogP contribution in [0, 0.1) is 11.8 Å². The number of benzene rings is 3. The van der Waals surface area contributed by atoms with Gasteiger partial charge in [0.25, 0.3) is 0 Å². The Bertz CT molecular complexity index is 1300. The second kappa shape index (κ2) is 18.1. The van der Waals surface area contributed by atoms with Crippen LogP contribution in [-0.2, 0) is 32.0 Å². The highest BCUT2D eigenvalue weighted by atomic mass is 16.5. The van der Waals surface area contributed by atoms with Gasteiger partial charge < -0.3 is 20.5 Å². The van der Waals surface area contributed by atoms with E-state index in [0.717, 1.165) is 16.7 Å². The number of ether oxygens (including phenoxy) is 1. The number of aliphatic hydroxyl groups is 1. The number of hydrogen-bond donors (Lipinski definition) is 3. The zero-order valence-electron chi connectivity index (χ0n) is 24.6. The molecule has 0 fully saturated rings. The number of amides is 2. The number of hydrogen-bond acceptors (Lipinski definition) is 5. The minimum Gasteiger partial charge on any atom is -0.463 e. The smallest absolute Gasteiger partial charge is 0.309 e. The molecule has 7 nitrogen and oxygen atoms in total. The van der Waals surface area contributed by atoms with Crippen molar-refractivity contribution in [1.29, 1.82) is 0 Å². The van der Waals surface area contributed by atoms with E-state index in [4.69, 9.17) is 4.74 Å². The largest absolute Gasteiger partial charge is 0.463 e. The summed E-state index contributed by atoms with van der Waals surface area (Å²) in [4.78, 5) is 39.5. The van der Waals surface area contributed by atoms with Gasteiger partial charge in [0.15, 0.2) is 0 Å². The molecule has 0 aromatic heterocycles. The number of carbonyl (C=O) groups excluding carboxylic acids is 3. The molecule has 43 heavy (non-hydrogen) atoms. The SMILES string of the molecule is C=CC[C@@H](CC(=O)N[C@H](CO)Cc1ccccc1)C(=O)N[C@@H](COC(=O)[C@@H](CC=C)Cc1ccccc1)c1ccccc1. The Labute approximate surface area is 254 Å².